The smallest absolute Gasteiger partial charge is 0.308 e. The average Bonchev–Trinajstić information content (AvgIpc) is 3.25. The lowest BCUT2D eigenvalue weighted by molar-refractivity contribution is 0.0911. The van der Waals surface area contributed by atoms with E-state index in [1.165, 1.54) is 12.1 Å². The van der Waals surface area contributed by atoms with E-state index in [1.54, 1.807) is 6.07 Å². The second-order valence-corrected chi connectivity index (χ2v) is 8.32. The zero-order valence-electron chi connectivity index (χ0n) is 17.2. The van der Waals surface area contributed by atoms with Crippen LogP contribution in [0, 0.1) is 5.82 Å². The maximum Gasteiger partial charge on any atom is 0.308 e. The first kappa shape index (κ1) is 22.5. The molecule has 1 aromatic heterocycles. The summed E-state index contributed by atoms with van der Waals surface area (Å²) in [7, 11) is 0. The zero-order valence-corrected chi connectivity index (χ0v) is 18.7. The Labute approximate surface area is 195 Å². The summed E-state index contributed by atoms with van der Waals surface area (Å²) in [6.45, 7) is 4.77. The molecule has 7 nitrogen and oxygen atoms in total. The van der Waals surface area contributed by atoms with E-state index in [1.807, 2.05) is 18.2 Å². The standard InChI is InChI=1S/C22H22Cl2FN5O2/c23-16-2-1-3-18(13-16)30-10-8-29(9-11-30)7-6-26-21(31)22-28-27-20(32-22)12-15-4-5-17(25)14-19(15)24/h1-5,13-14H,6-12H2,(H,26,31). The Bertz CT molecular complexity index is 1090. The molecule has 1 N–H and O–H groups in total. The molecule has 0 bridgehead atoms. The predicted octanol–water partition coefficient (Wildman–Crippen LogP) is 3.66. The lowest BCUT2D eigenvalue weighted by atomic mass is 10.1. The third kappa shape index (κ3) is 5.76. The van der Waals surface area contributed by atoms with Crippen molar-refractivity contribution >= 4 is 34.8 Å². The molecule has 168 valence electrons. The summed E-state index contributed by atoms with van der Waals surface area (Å²) in [5.74, 6) is -0.716. The number of nitrogens with one attached hydrogen (secondary N) is 1. The third-order valence-electron chi connectivity index (χ3n) is 5.28. The van der Waals surface area contributed by atoms with Gasteiger partial charge in [-0.25, -0.2) is 4.39 Å². The highest BCUT2D eigenvalue weighted by Crippen LogP contribution is 2.21. The summed E-state index contributed by atoms with van der Waals surface area (Å²) >= 11 is 12.1. The highest BCUT2D eigenvalue weighted by atomic mass is 35.5. The number of benzene rings is 2. The van der Waals surface area contributed by atoms with Gasteiger partial charge in [-0.3, -0.25) is 9.69 Å². The van der Waals surface area contributed by atoms with E-state index in [0.29, 0.717) is 12.1 Å². The maximum absolute atomic E-state index is 13.2. The Morgan fingerprint density at radius 2 is 1.91 bits per heavy atom. The van der Waals surface area contributed by atoms with Crippen LogP contribution in [0.4, 0.5) is 10.1 Å². The van der Waals surface area contributed by atoms with Crippen LogP contribution < -0.4 is 10.2 Å². The monoisotopic (exact) mass is 477 g/mol. The fourth-order valence-corrected chi connectivity index (χ4v) is 3.97. The normalized spacial score (nSPS) is 14.5. The zero-order chi connectivity index (χ0) is 22.5. The van der Waals surface area contributed by atoms with E-state index in [4.69, 9.17) is 27.6 Å². The second-order valence-electron chi connectivity index (χ2n) is 7.48. The van der Waals surface area contributed by atoms with Crippen LogP contribution in [0.1, 0.15) is 22.1 Å². The Morgan fingerprint density at radius 1 is 1.09 bits per heavy atom. The van der Waals surface area contributed by atoms with Crippen molar-refractivity contribution in [2.75, 3.05) is 44.2 Å². The van der Waals surface area contributed by atoms with Gasteiger partial charge in [-0.15, -0.1) is 10.2 Å². The molecule has 2 heterocycles. The Balaban J connectivity index is 1.21. The number of rotatable bonds is 7. The van der Waals surface area contributed by atoms with Gasteiger partial charge in [-0.2, -0.15) is 0 Å². The van der Waals surface area contributed by atoms with Crippen LogP contribution in [-0.4, -0.2) is 60.3 Å². The van der Waals surface area contributed by atoms with Crippen molar-refractivity contribution in [2.45, 2.75) is 6.42 Å². The van der Waals surface area contributed by atoms with Crippen molar-refractivity contribution in [1.29, 1.82) is 0 Å². The van der Waals surface area contributed by atoms with Crippen LogP contribution in [0.15, 0.2) is 46.9 Å². The fourth-order valence-electron chi connectivity index (χ4n) is 3.55. The number of nitrogens with zero attached hydrogens (tertiary/aromatic N) is 4. The van der Waals surface area contributed by atoms with Crippen LogP contribution in [-0.2, 0) is 6.42 Å². The summed E-state index contributed by atoms with van der Waals surface area (Å²) in [5, 5.41) is 11.5. The lowest BCUT2D eigenvalue weighted by Gasteiger charge is -2.36. The molecule has 1 saturated heterocycles. The van der Waals surface area contributed by atoms with E-state index in [0.717, 1.165) is 43.4 Å². The van der Waals surface area contributed by atoms with Gasteiger partial charge in [0.05, 0.1) is 6.42 Å². The molecule has 4 rings (SSSR count). The highest BCUT2D eigenvalue weighted by Gasteiger charge is 2.19. The van der Waals surface area contributed by atoms with Gasteiger partial charge in [0.25, 0.3) is 0 Å². The van der Waals surface area contributed by atoms with E-state index in [2.05, 4.69) is 31.4 Å². The molecule has 32 heavy (non-hydrogen) atoms. The van der Waals surface area contributed by atoms with Gasteiger partial charge >= 0.3 is 11.8 Å². The molecular weight excluding hydrogens is 456 g/mol. The number of hydrogen-bond acceptors (Lipinski definition) is 6. The van der Waals surface area contributed by atoms with Crippen molar-refractivity contribution in [2.24, 2.45) is 0 Å². The van der Waals surface area contributed by atoms with Crippen LogP contribution in [0.3, 0.4) is 0 Å². The predicted molar refractivity (Wildman–Crippen MR) is 121 cm³/mol. The van der Waals surface area contributed by atoms with E-state index in [-0.39, 0.29) is 23.2 Å². The molecule has 0 atom stereocenters. The topological polar surface area (TPSA) is 74.5 Å². The number of carbonyl (C=O) groups excluding carboxylic acids is 1. The molecule has 1 amide bonds. The molecule has 1 fully saturated rings. The molecule has 0 spiro atoms. The number of piperazine rings is 1. The van der Waals surface area contributed by atoms with Gasteiger partial charge in [0.15, 0.2) is 0 Å². The van der Waals surface area contributed by atoms with Crippen molar-refractivity contribution in [1.82, 2.24) is 20.4 Å². The number of aromatic nitrogens is 2. The molecule has 10 heteroatoms. The lowest BCUT2D eigenvalue weighted by Crippen LogP contribution is -2.48. The summed E-state index contributed by atoms with van der Waals surface area (Å²) in [6.07, 6.45) is 0.219. The van der Waals surface area contributed by atoms with Crippen molar-refractivity contribution in [3.63, 3.8) is 0 Å². The SMILES string of the molecule is O=C(NCCN1CCN(c2cccc(Cl)c2)CC1)c1nnc(Cc2ccc(F)cc2Cl)o1. The van der Waals surface area contributed by atoms with E-state index in [9.17, 15) is 9.18 Å². The van der Waals surface area contributed by atoms with Gasteiger partial charge in [-0.05, 0) is 35.9 Å². The Morgan fingerprint density at radius 3 is 2.66 bits per heavy atom. The molecule has 1 aliphatic rings. The molecule has 0 unspecified atom stereocenters. The Hall–Kier alpha value is -2.68. The second kappa shape index (κ2) is 10.3. The van der Waals surface area contributed by atoms with E-state index >= 15 is 0 Å². The first-order valence-electron chi connectivity index (χ1n) is 10.3. The van der Waals surface area contributed by atoms with Crippen LogP contribution in [0.25, 0.3) is 0 Å². The molecule has 2 aromatic carbocycles. The summed E-state index contributed by atoms with van der Waals surface area (Å²) in [4.78, 5) is 16.9. The number of amides is 1. The maximum atomic E-state index is 13.2. The number of carbonyl (C=O) groups is 1. The van der Waals surface area contributed by atoms with Crippen molar-refractivity contribution in [3.05, 3.63) is 75.7 Å². The quantitative estimate of drug-likeness (QED) is 0.559. The highest BCUT2D eigenvalue weighted by molar-refractivity contribution is 6.31. The number of halogens is 3. The van der Waals surface area contributed by atoms with E-state index < -0.39 is 11.7 Å². The third-order valence-corrected chi connectivity index (χ3v) is 5.86. The van der Waals surface area contributed by atoms with Crippen LogP contribution in [0.5, 0.6) is 0 Å². The first-order valence-corrected chi connectivity index (χ1v) is 11.0. The molecule has 0 aliphatic carbocycles. The summed E-state index contributed by atoms with van der Waals surface area (Å²) < 4.78 is 18.6. The van der Waals surface area contributed by atoms with Gasteiger partial charge < -0.3 is 14.6 Å². The molecule has 0 radical (unpaired) electrons. The number of anilines is 1. The minimum atomic E-state index is -0.425. The average molecular weight is 478 g/mol. The summed E-state index contributed by atoms with van der Waals surface area (Å²) in [6, 6.07) is 11.9. The number of hydrogen-bond donors (Lipinski definition) is 1. The minimum absolute atomic E-state index is 0.107. The van der Waals surface area contributed by atoms with Gasteiger partial charge in [-0.1, -0.05) is 35.3 Å². The van der Waals surface area contributed by atoms with Gasteiger partial charge in [0, 0.05) is 55.0 Å². The van der Waals surface area contributed by atoms with Gasteiger partial charge in [0.1, 0.15) is 5.82 Å². The van der Waals surface area contributed by atoms with Crippen LogP contribution in [0.2, 0.25) is 10.0 Å². The fraction of sp³-hybridized carbons (Fsp3) is 0.318. The minimum Gasteiger partial charge on any atom is -0.417 e. The molecule has 0 saturated carbocycles. The van der Waals surface area contributed by atoms with Crippen molar-refractivity contribution < 1.29 is 13.6 Å². The first-order chi connectivity index (χ1) is 15.5. The molecular formula is C22H22Cl2FN5O2. The van der Waals surface area contributed by atoms with Gasteiger partial charge in [0.2, 0.25) is 5.89 Å². The largest absolute Gasteiger partial charge is 0.417 e. The molecule has 3 aromatic rings. The molecule has 1 aliphatic heterocycles. The summed E-state index contributed by atoms with van der Waals surface area (Å²) in [5.41, 5.74) is 1.76. The van der Waals surface area contributed by atoms with Crippen LogP contribution >= 0.6 is 23.2 Å². The van der Waals surface area contributed by atoms with Crippen molar-refractivity contribution in [3.8, 4) is 0 Å². The Kier molecular flexibility index (Phi) is 7.24.